The Hall–Kier alpha value is -0.630. The van der Waals surface area contributed by atoms with Crippen LogP contribution in [0, 0.1) is 11.3 Å². The Balaban J connectivity index is 1.60. The van der Waals surface area contributed by atoms with E-state index in [0.717, 1.165) is 45.4 Å². The van der Waals surface area contributed by atoms with Crippen LogP contribution in [0.2, 0.25) is 0 Å². The molecular weight excluding hydrogens is 238 g/mol. The zero-order chi connectivity index (χ0) is 13.7. The van der Waals surface area contributed by atoms with E-state index in [2.05, 4.69) is 23.3 Å². The average Bonchev–Trinajstić information content (AvgIpc) is 3.04. The van der Waals surface area contributed by atoms with Gasteiger partial charge in [-0.3, -0.25) is 5.32 Å². The highest BCUT2D eigenvalue weighted by Gasteiger charge is 2.32. The molecule has 0 radical (unpaired) electrons. The Kier molecular flexibility index (Phi) is 5.20. The summed E-state index contributed by atoms with van der Waals surface area (Å²) in [6.07, 6.45) is 6.87. The van der Waals surface area contributed by atoms with Crippen LogP contribution in [0.1, 0.15) is 45.4 Å². The number of nitrogens with zero attached hydrogens (tertiary/aromatic N) is 2. The van der Waals surface area contributed by atoms with Crippen molar-refractivity contribution in [3.05, 3.63) is 0 Å². The van der Waals surface area contributed by atoms with Gasteiger partial charge < -0.3 is 9.64 Å². The minimum absolute atomic E-state index is 0.323. The van der Waals surface area contributed by atoms with Crippen molar-refractivity contribution < 1.29 is 4.74 Å². The van der Waals surface area contributed by atoms with Crippen LogP contribution in [-0.4, -0.2) is 49.3 Å². The molecule has 2 fully saturated rings. The summed E-state index contributed by atoms with van der Waals surface area (Å²) in [5.74, 6) is 0. The van der Waals surface area contributed by atoms with E-state index in [9.17, 15) is 5.26 Å². The molecule has 1 aliphatic heterocycles. The highest BCUT2D eigenvalue weighted by atomic mass is 16.5. The number of likely N-dealkylation sites (N-methyl/N-ethyl adjacent to an activating group) is 1. The molecule has 4 heteroatoms. The van der Waals surface area contributed by atoms with Crippen molar-refractivity contribution in [1.29, 1.82) is 5.26 Å². The molecule has 19 heavy (non-hydrogen) atoms. The van der Waals surface area contributed by atoms with Crippen molar-refractivity contribution in [2.45, 2.75) is 63.1 Å². The fourth-order valence-electron chi connectivity index (χ4n) is 2.73. The van der Waals surface area contributed by atoms with E-state index in [1.807, 2.05) is 6.92 Å². The SMILES string of the molecule is CN(CCCCC(C)(C#N)NC1CC1)C1CCOC1. The number of hydrogen-bond acceptors (Lipinski definition) is 4. The Bertz CT molecular complexity index is 318. The first-order chi connectivity index (χ1) is 9.13. The summed E-state index contributed by atoms with van der Waals surface area (Å²) in [7, 11) is 2.19. The standard InChI is InChI=1S/C15H27N3O/c1-15(12-16,17-13-5-6-13)8-3-4-9-18(2)14-7-10-19-11-14/h13-14,17H,3-11H2,1-2H3. The van der Waals surface area contributed by atoms with E-state index in [-0.39, 0.29) is 5.54 Å². The molecule has 0 aromatic carbocycles. The predicted octanol–water partition coefficient (Wildman–Crippen LogP) is 1.91. The van der Waals surface area contributed by atoms with E-state index < -0.39 is 0 Å². The summed E-state index contributed by atoms with van der Waals surface area (Å²) < 4.78 is 5.41. The second kappa shape index (κ2) is 6.69. The monoisotopic (exact) mass is 265 g/mol. The molecule has 0 aromatic rings. The first kappa shape index (κ1) is 14.8. The molecular formula is C15H27N3O. The number of hydrogen-bond donors (Lipinski definition) is 1. The molecule has 1 aliphatic carbocycles. The van der Waals surface area contributed by atoms with Crippen LogP contribution in [0.3, 0.4) is 0 Å². The third-order valence-electron chi connectivity index (χ3n) is 4.31. The van der Waals surface area contributed by atoms with Crippen LogP contribution in [0.15, 0.2) is 0 Å². The largest absolute Gasteiger partial charge is 0.380 e. The molecule has 0 aromatic heterocycles. The molecule has 0 bridgehead atoms. The van der Waals surface area contributed by atoms with Gasteiger partial charge in [0.15, 0.2) is 0 Å². The smallest absolute Gasteiger partial charge is 0.104 e. The van der Waals surface area contributed by atoms with Gasteiger partial charge >= 0.3 is 0 Å². The number of nitriles is 1. The topological polar surface area (TPSA) is 48.3 Å². The average molecular weight is 265 g/mol. The first-order valence-electron chi connectivity index (χ1n) is 7.60. The molecule has 2 atom stereocenters. The van der Waals surface area contributed by atoms with Crippen LogP contribution in [0.4, 0.5) is 0 Å². The first-order valence-corrected chi connectivity index (χ1v) is 7.60. The molecule has 1 saturated carbocycles. The lowest BCUT2D eigenvalue weighted by atomic mass is 9.96. The third-order valence-corrected chi connectivity index (χ3v) is 4.31. The highest BCUT2D eigenvalue weighted by Crippen LogP contribution is 2.24. The molecule has 1 heterocycles. The molecule has 2 unspecified atom stereocenters. The maximum absolute atomic E-state index is 9.30. The van der Waals surface area contributed by atoms with Gasteiger partial charge in [-0.25, -0.2) is 0 Å². The van der Waals surface area contributed by atoms with Gasteiger partial charge in [-0.2, -0.15) is 5.26 Å². The Morgan fingerprint density at radius 3 is 2.74 bits per heavy atom. The number of unbranched alkanes of at least 4 members (excludes halogenated alkanes) is 1. The van der Waals surface area contributed by atoms with Gasteiger partial charge in [0.2, 0.25) is 0 Å². The zero-order valence-corrected chi connectivity index (χ0v) is 12.3. The van der Waals surface area contributed by atoms with Gasteiger partial charge in [0.25, 0.3) is 0 Å². The second-order valence-electron chi connectivity index (χ2n) is 6.32. The van der Waals surface area contributed by atoms with Crippen molar-refractivity contribution >= 4 is 0 Å². The lowest BCUT2D eigenvalue weighted by Gasteiger charge is -2.25. The van der Waals surface area contributed by atoms with Gasteiger partial charge in [0.05, 0.1) is 12.7 Å². The normalized spacial score (nSPS) is 26.3. The number of rotatable bonds is 8. The van der Waals surface area contributed by atoms with E-state index in [1.54, 1.807) is 0 Å². The minimum atomic E-state index is -0.323. The summed E-state index contributed by atoms with van der Waals surface area (Å²) in [5, 5.41) is 12.8. The van der Waals surface area contributed by atoms with Crippen molar-refractivity contribution in [1.82, 2.24) is 10.2 Å². The van der Waals surface area contributed by atoms with E-state index in [0.29, 0.717) is 12.1 Å². The molecule has 1 saturated heterocycles. The Labute approximate surface area is 117 Å². The second-order valence-corrected chi connectivity index (χ2v) is 6.32. The fraction of sp³-hybridized carbons (Fsp3) is 0.933. The summed E-state index contributed by atoms with van der Waals surface area (Å²) in [4.78, 5) is 2.41. The zero-order valence-electron chi connectivity index (χ0n) is 12.3. The van der Waals surface area contributed by atoms with Crippen LogP contribution in [0.5, 0.6) is 0 Å². The minimum Gasteiger partial charge on any atom is -0.380 e. The summed E-state index contributed by atoms with van der Waals surface area (Å²) >= 11 is 0. The maximum Gasteiger partial charge on any atom is 0.104 e. The van der Waals surface area contributed by atoms with Crippen molar-refractivity contribution in [3.8, 4) is 6.07 Å². The van der Waals surface area contributed by atoms with Crippen LogP contribution in [0.25, 0.3) is 0 Å². The highest BCUT2D eigenvalue weighted by molar-refractivity contribution is 5.06. The van der Waals surface area contributed by atoms with Gasteiger partial charge in [0.1, 0.15) is 5.54 Å². The van der Waals surface area contributed by atoms with Gasteiger partial charge in [-0.1, -0.05) is 0 Å². The molecule has 108 valence electrons. The van der Waals surface area contributed by atoms with Crippen LogP contribution in [-0.2, 0) is 4.74 Å². The van der Waals surface area contributed by atoms with Gasteiger partial charge in [0, 0.05) is 18.7 Å². The molecule has 1 N–H and O–H groups in total. The van der Waals surface area contributed by atoms with E-state index in [1.165, 1.54) is 12.8 Å². The van der Waals surface area contributed by atoms with Crippen molar-refractivity contribution in [3.63, 3.8) is 0 Å². The van der Waals surface area contributed by atoms with E-state index >= 15 is 0 Å². The lowest BCUT2D eigenvalue weighted by Crippen LogP contribution is -2.42. The molecule has 4 nitrogen and oxygen atoms in total. The molecule has 2 aliphatic rings. The molecule has 2 rings (SSSR count). The Morgan fingerprint density at radius 2 is 2.16 bits per heavy atom. The van der Waals surface area contributed by atoms with Crippen LogP contribution >= 0.6 is 0 Å². The van der Waals surface area contributed by atoms with E-state index in [4.69, 9.17) is 4.74 Å². The maximum atomic E-state index is 9.30. The molecule has 0 amide bonds. The van der Waals surface area contributed by atoms with Gasteiger partial charge in [-0.05, 0) is 59.0 Å². The summed E-state index contributed by atoms with van der Waals surface area (Å²) in [6, 6.07) is 3.65. The number of nitrogens with one attached hydrogen (secondary N) is 1. The molecule has 0 spiro atoms. The van der Waals surface area contributed by atoms with Gasteiger partial charge in [-0.15, -0.1) is 0 Å². The Morgan fingerprint density at radius 1 is 1.37 bits per heavy atom. The van der Waals surface area contributed by atoms with Crippen LogP contribution < -0.4 is 5.32 Å². The quantitative estimate of drug-likeness (QED) is 0.681. The third kappa shape index (κ3) is 4.76. The lowest BCUT2D eigenvalue weighted by molar-refractivity contribution is 0.158. The predicted molar refractivity (Wildman–Crippen MR) is 75.9 cm³/mol. The van der Waals surface area contributed by atoms with Crippen molar-refractivity contribution in [2.24, 2.45) is 0 Å². The van der Waals surface area contributed by atoms with Crippen molar-refractivity contribution in [2.75, 3.05) is 26.8 Å². The summed E-state index contributed by atoms with van der Waals surface area (Å²) in [6.45, 7) is 4.95. The summed E-state index contributed by atoms with van der Waals surface area (Å²) in [5.41, 5.74) is -0.323. The number of ether oxygens (including phenoxy) is 1. The fourth-order valence-corrected chi connectivity index (χ4v) is 2.73.